The minimum atomic E-state index is -1.41. The summed E-state index contributed by atoms with van der Waals surface area (Å²) in [7, 11) is 2.89. The third-order valence-corrected chi connectivity index (χ3v) is 4.50. The normalized spacial score (nSPS) is 11.7. The highest BCUT2D eigenvalue weighted by atomic mass is 35.5. The summed E-state index contributed by atoms with van der Waals surface area (Å²) in [5.41, 5.74) is 0.551. The highest BCUT2D eigenvalue weighted by Gasteiger charge is 2.25. The number of rotatable bonds is 11. The Morgan fingerprint density at radius 2 is 1.59 bits per heavy atom. The van der Waals surface area contributed by atoms with Gasteiger partial charge in [-0.15, -0.1) is 5.11 Å². The number of anilines is 1. The van der Waals surface area contributed by atoms with Crippen LogP contribution in [0, 0.1) is 0 Å². The minimum absolute atomic E-state index is 0.259. The van der Waals surface area contributed by atoms with Crippen LogP contribution in [0.4, 0.5) is 11.4 Å². The lowest BCUT2D eigenvalue weighted by molar-refractivity contribution is -0.126. The first-order valence-corrected chi connectivity index (χ1v) is 10.3. The predicted molar refractivity (Wildman–Crippen MR) is 121 cm³/mol. The van der Waals surface area contributed by atoms with E-state index < -0.39 is 17.7 Å². The molecule has 1 unspecified atom stereocenters. The highest BCUT2D eigenvalue weighted by Crippen LogP contribution is 2.38. The number of nitrogens with one attached hydrogen (secondary N) is 1. The fraction of sp³-hybridized carbons (Fsp3) is 0.364. The maximum Gasteiger partial charge on any atom is 0.258 e. The van der Waals surface area contributed by atoms with Crippen molar-refractivity contribution in [1.82, 2.24) is 0 Å². The molecule has 2 aromatic rings. The molecule has 0 spiro atoms. The van der Waals surface area contributed by atoms with Gasteiger partial charge in [-0.2, -0.15) is 5.11 Å². The van der Waals surface area contributed by atoms with E-state index in [0.717, 1.165) is 0 Å². The van der Waals surface area contributed by atoms with Crippen LogP contribution in [0.2, 0.25) is 5.02 Å². The van der Waals surface area contributed by atoms with Gasteiger partial charge in [0.25, 0.3) is 5.91 Å². The topological polar surface area (TPSA) is 108 Å². The first-order chi connectivity index (χ1) is 15.4. The van der Waals surface area contributed by atoms with Gasteiger partial charge in [0.2, 0.25) is 6.04 Å². The number of nitrogens with zero attached hydrogens (tertiary/aromatic N) is 2. The minimum Gasteiger partial charge on any atom is -0.495 e. The summed E-state index contributed by atoms with van der Waals surface area (Å²) in [6, 6.07) is 6.73. The van der Waals surface area contributed by atoms with E-state index in [9.17, 15) is 9.59 Å². The fourth-order valence-corrected chi connectivity index (χ4v) is 2.98. The summed E-state index contributed by atoms with van der Waals surface area (Å²) in [6.45, 7) is 5.69. The number of halogens is 1. The smallest absolute Gasteiger partial charge is 0.258 e. The molecule has 0 aliphatic carbocycles. The first-order valence-electron chi connectivity index (χ1n) is 9.88. The summed E-state index contributed by atoms with van der Waals surface area (Å²) in [4.78, 5) is 25.0. The van der Waals surface area contributed by atoms with E-state index in [-0.39, 0.29) is 10.7 Å². The Morgan fingerprint density at radius 1 is 1.00 bits per heavy atom. The van der Waals surface area contributed by atoms with E-state index in [2.05, 4.69) is 15.5 Å². The Kier molecular flexibility index (Phi) is 9.27. The fourth-order valence-electron chi connectivity index (χ4n) is 2.74. The molecule has 1 amide bonds. The SMILES string of the molecule is CCOc1cccc(OCC)c1N=NC(C(C)=O)C(=O)Nc1cc(Cl)c(OC)cc1OC. The summed E-state index contributed by atoms with van der Waals surface area (Å²) < 4.78 is 21.6. The van der Waals surface area contributed by atoms with Crippen molar-refractivity contribution in [3.63, 3.8) is 0 Å². The van der Waals surface area contributed by atoms with Crippen molar-refractivity contribution in [3.8, 4) is 23.0 Å². The molecule has 9 nitrogen and oxygen atoms in total. The van der Waals surface area contributed by atoms with E-state index in [0.29, 0.717) is 41.9 Å². The van der Waals surface area contributed by atoms with Crippen LogP contribution in [0.1, 0.15) is 20.8 Å². The Balaban J connectivity index is 2.36. The van der Waals surface area contributed by atoms with Crippen LogP contribution in [-0.4, -0.2) is 45.2 Å². The van der Waals surface area contributed by atoms with Crippen molar-refractivity contribution < 1.29 is 28.5 Å². The summed E-state index contributed by atoms with van der Waals surface area (Å²) >= 11 is 6.15. The van der Waals surface area contributed by atoms with E-state index in [1.165, 1.54) is 33.3 Å². The van der Waals surface area contributed by atoms with Crippen molar-refractivity contribution in [2.75, 3.05) is 32.8 Å². The van der Waals surface area contributed by atoms with Crippen LogP contribution < -0.4 is 24.3 Å². The zero-order valence-corrected chi connectivity index (χ0v) is 19.4. The molecule has 0 saturated heterocycles. The average molecular weight is 464 g/mol. The number of azo groups is 1. The number of benzene rings is 2. The van der Waals surface area contributed by atoms with Crippen molar-refractivity contribution in [2.45, 2.75) is 26.8 Å². The zero-order chi connectivity index (χ0) is 23.7. The number of carbonyl (C=O) groups is 2. The van der Waals surface area contributed by atoms with Crippen LogP contribution in [0.3, 0.4) is 0 Å². The number of ether oxygens (including phenoxy) is 4. The van der Waals surface area contributed by atoms with Gasteiger partial charge in [-0.3, -0.25) is 9.59 Å². The molecule has 0 radical (unpaired) electrons. The van der Waals surface area contributed by atoms with Crippen molar-refractivity contribution in [2.24, 2.45) is 10.2 Å². The van der Waals surface area contributed by atoms with Crippen molar-refractivity contribution >= 4 is 34.7 Å². The number of hydrogen-bond acceptors (Lipinski definition) is 8. The Morgan fingerprint density at radius 3 is 2.09 bits per heavy atom. The molecule has 0 aliphatic heterocycles. The lowest BCUT2D eigenvalue weighted by atomic mass is 10.2. The van der Waals surface area contributed by atoms with Gasteiger partial charge >= 0.3 is 0 Å². The van der Waals surface area contributed by atoms with Crippen LogP contribution in [0.5, 0.6) is 23.0 Å². The van der Waals surface area contributed by atoms with Gasteiger partial charge in [-0.05, 0) is 39.0 Å². The van der Waals surface area contributed by atoms with Crippen LogP contribution in [-0.2, 0) is 9.59 Å². The molecule has 0 aromatic heterocycles. The van der Waals surface area contributed by atoms with Crippen molar-refractivity contribution in [1.29, 1.82) is 0 Å². The number of amides is 1. The van der Waals surface area contributed by atoms with Crippen LogP contribution in [0.15, 0.2) is 40.6 Å². The largest absolute Gasteiger partial charge is 0.495 e. The van der Waals surface area contributed by atoms with Gasteiger partial charge in [0, 0.05) is 6.07 Å². The molecule has 0 fully saturated rings. The molecule has 0 saturated carbocycles. The number of Topliss-reactive ketones (excluding diaryl/α,β-unsaturated/α-hetero) is 1. The van der Waals surface area contributed by atoms with Crippen molar-refractivity contribution in [3.05, 3.63) is 35.4 Å². The molecule has 0 heterocycles. The quantitative estimate of drug-likeness (QED) is 0.377. The first kappa shape index (κ1) is 24.9. The Bertz CT molecular complexity index is 972. The molecular formula is C22H26ClN3O6. The number of methoxy groups -OCH3 is 2. The molecule has 172 valence electrons. The molecule has 0 bridgehead atoms. The average Bonchev–Trinajstić information content (AvgIpc) is 2.75. The second-order valence-electron chi connectivity index (χ2n) is 6.37. The molecule has 0 aliphatic rings. The van der Waals surface area contributed by atoms with Gasteiger partial charge in [-0.25, -0.2) is 0 Å². The van der Waals surface area contributed by atoms with Gasteiger partial charge < -0.3 is 24.3 Å². The van der Waals surface area contributed by atoms with Crippen LogP contribution >= 0.6 is 11.6 Å². The molecule has 2 rings (SSSR count). The summed E-state index contributed by atoms with van der Waals surface area (Å²) in [5, 5.41) is 11.0. The summed E-state index contributed by atoms with van der Waals surface area (Å²) in [6.07, 6.45) is 0. The summed E-state index contributed by atoms with van der Waals surface area (Å²) in [5.74, 6) is 0.325. The third-order valence-electron chi connectivity index (χ3n) is 4.20. The van der Waals surface area contributed by atoms with E-state index in [1.807, 2.05) is 13.8 Å². The molecular weight excluding hydrogens is 438 g/mol. The van der Waals surface area contributed by atoms with Gasteiger partial charge in [0.1, 0.15) is 11.5 Å². The molecule has 2 aromatic carbocycles. The third kappa shape index (κ3) is 6.10. The predicted octanol–water partition coefficient (Wildman–Crippen LogP) is 4.83. The zero-order valence-electron chi connectivity index (χ0n) is 18.6. The highest BCUT2D eigenvalue weighted by molar-refractivity contribution is 6.32. The second-order valence-corrected chi connectivity index (χ2v) is 6.78. The number of hydrogen-bond donors (Lipinski definition) is 1. The van der Waals surface area contributed by atoms with E-state index in [4.69, 9.17) is 30.5 Å². The number of carbonyl (C=O) groups excluding carboxylic acids is 2. The maximum atomic E-state index is 12.9. The number of ketones is 1. The van der Waals surface area contributed by atoms with Gasteiger partial charge in [0.15, 0.2) is 23.0 Å². The lowest BCUT2D eigenvalue weighted by Crippen LogP contribution is -2.32. The standard InChI is InChI=1S/C22H26ClN3O6/c1-6-31-16-9-8-10-17(32-7-2)21(16)26-25-20(13(3)27)22(28)24-15-11-14(23)18(29-4)12-19(15)30-5/h8-12,20H,6-7H2,1-5H3,(H,24,28). The molecule has 1 atom stereocenters. The molecule has 32 heavy (non-hydrogen) atoms. The van der Waals surface area contributed by atoms with Gasteiger partial charge in [0.05, 0.1) is 38.1 Å². The second kappa shape index (κ2) is 11.9. The lowest BCUT2D eigenvalue weighted by Gasteiger charge is -2.15. The van der Waals surface area contributed by atoms with E-state index in [1.54, 1.807) is 18.2 Å². The maximum absolute atomic E-state index is 12.9. The molecule has 10 heteroatoms. The monoisotopic (exact) mass is 463 g/mol. The Labute approximate surface area is 191 Å². The van der Waals surface area contributed by atoms with Crippen LogP contribution in [0.25, 0.3) is 0 Å². The Hall–Kier alpha value is -3.33. The molecule has 1 N–H and O–H groups in total. The van der Waals surface area contributed by atoms with Gasteiger partial charge in [-0.1, -0.05) is 17.7 Å². The van der Waals surface area contributed by atoms with E-state index >= 15 is 0 Å².